The van der Waals surface area contributed by atoms with E-state index in [9.17, 15) is 4.79 Å². The first-order valence-electron chi connectivity index (χ1n) is 5.97. The van der Waals surface area contributed by atoms with E-state index in [-0.39, 0.29) is 5.91 Å². The number of rotatable bonds is 6. The minimum Gasteiger partial charge on any atom is -0.399 e. The molecule has 0 aromatic heterocycles. The Labute approximate surface area is 107 Å². The van der Waals surface area contributed by atoms with E-state index in [1.807, 2.05) is 6.92 Å². The molecular weight excluding hydrogens is 228 g/mol. The summed E-state index contributed by atoms with van der Waals surface area (Å²) in [5.74, 6) is 0.0123. The molecule has 0 aliphatic heterocycles. The Morgan fingerprint density at radius 3 is 2.89 bits per heavy atom. The predicted molar refractivity (Wildman–Crippen MR) is 72.0 cm³/mol. The van der Waals surface area contributed by atoms with Crippen molar-refractivity contribution >= 4 is 17.3 Å². The van der Waals surface area contributed by atoms with Gasteiger partial charge in [-0.05, 0) is 24.6 Å². The zero-order valence-electron chi connectivity index (χ0n) is 10.5. The maximum absolute atomic E-state index is 11.4. The average Bonchev–Trinajstić information content (AvgIpc) is 2.37. The molecule has 0 heterocycles. The van der Waals surface area contributed by atoms with Crippen molar-refractivity contribution < 1.29 is 4.79 Å². The number of carbonyl (C=O) groups excluding carboxylic acids is 1. The molecule has 0 saturated heterocycles. The van der Waals surface area contributed by atoms with E-state index in [2.05, 4.69) is 16.7 Å². The third-order valence-corrected chi connectivity index (χ3v) is 2.40. The Hall–Kier alpha value is -2.22. The lowest BCUT2D eigenvalue weighted by Gasteiger charge is -2.08. The van der Waals surface area contributed by atoms with Gasteiger partial charge in [0.25, 0.3) is 0 Å². The Kier molecular flexibility index (Phi) is 5.52. The fourth-order valence-electron chi connectivity index (χ4n) is 1.47. The molecule has 0 aliphatic rings. The summed E-state index contributed by atoms with van der Waals surface area (Å²) < 4.78 is 0. The Balaban J connectivity index is 2.44. The van der Waals surface area contributed by atoms with Crippen LogP contribution in [0.15, 0.2) is 18.2 Å². The average molecular weight is 246 g/mol. The van der Waals surface area contributed by atoms with Crippen LogP contribution in [0.5, 0.6) is 0 Å². The number of benzene rings is 1. The molecule has 5 heteroatoms. The summed E-state index contributed by atoms with van der Waals surface area (Å²) in [5, 5.41) is 14.8. The lowest BCUT2D eigenvalue weighted by atomic mass is 10.1. The van der Waals surface area contributed by atoms with Crippen LogP contribution in [-0.4, -0.2) is 19.0 Å². The lowest BCUT2D eigenvalue weighted by molar-refractivity contribution is -0.120. The molecule has 0 spiro atoms. The molecule has 0 unspecified atom stereocenters. The normalized spacial score (nSPS) is 9.56. The minimum atomic E-state index is 0.0123. The quantitative estimate of drug-likeness (QED) is 0.663. The van der Waals surface area contributed by atoms with Crippen LogP contribution in [0.1, 0.15) is 25.3 Å². The van der Waals surface area contributed by atoms with Crippen LogP contribution in [0.2, 0.25) is 0 Å². The number of nitrogen functional groups attached to an aromatic ring is 1. The smallest absolute Gasteiger partial charge is 0.221 e. The van der Waals surface area contributed by atoms with E-state index < -0.39 is 0 Å². The molecule has 0 aliphatic carbocycles. The Morgan fingerprint density at radius 2 is 2.22 bits per heavy atom. The number of amides is 1. The van der Waals surface area contributed by atoms with Gasteiger partial charge in [0, 0.05) is 25.2 Å². The molecule has 1 aromatic rings. The van der Waals surface area contributed by atoms with Crippen LogP contribution in [0.3, 0.4) is 0 Å². The van der Waals surface area contributed by atoms with Crippen molar-refractivity contribution in [3.63, 3.8) is 0 Å². The highest BCUT2D eigenvalue weighted by Gasteiger charge is 2.03. The highest BCUT2D eigenvalue weighted by molar-refractivity contribution is 5.76. The van der Waals surface area contributed by atoms with Gasteiger partial charge in [0.05, 0.1) is 11.3 Å². The number of carbonyl (C=O) groups is 1. The van der Waals surface area contributed by atoms with Gasteiger partial charge in [0.15, 0.2) is 0 Å². The molecular formula is C13H18N4O. The van der Waals surface area contributed by atoms with E-state index in [0.717, 1.165) is 6.42 Å². The second-order valence-electron chi connectivity index (χ2n) is 3.94. The van der Waals surface area contributed by atoms with Crippen molar-refractivity contribution in [3.05, 3.63) is 23.8 Å². The first-order valence-corrected chi connectivity index (χ1v) is 5.97. The molecule has 5 nitrogen and oxygen atoms in total. The number of nitrogens with zero attached hydrogens (tertiary/aromatic N) is 1. The van der Waals surface area contributed by atoms with Gasteiger partial charge in [-0.3, -0.25) is 4.79 Å². The number of nitrogens with one attached hydrogen (secondary N) is 2. The fourth-order valence-corrected chi connectivity index (χ4v) is 1.47. The van der Waals surface area contributed by atoms with Gasteiger partial charge in [-0.1, -0.05) is 6.92 Å². The van der Waals surface area contributed by atoms with Crippen molar-refractivity contribution in [1.82, 2.24) is 5.32 Å². The number of nitriles is 1. The fraction of sp³-hybridized carbons (Fsp3) is 0.385. The summed E-state index contributed by atoms with van der Waals surface area (Å²) in [6, 6.07) is 7.15. The third-order valence-electron chi connectivity index (χ3n) is 2.40. The summed E-state index contributed by atoms with van der Waals surface area (Å²) in [5.41, 5.74) is 7.34. The predicted octanol–water partition coefficient (Wildman–Crippen LogP) is 1.47. The molecule has 4 N–H and O–H groups in total. The first-order chi connectivity index (χ1) is 8.67. The zero-order valence-corrected chi connectivity index (χ0v) is 10.5. The maximum Gasteiger partial charge on any atom is 0.221 e. The van der Waals surface area contributed by atoms with E-state index in [0.29, 0.717) is 36.4 Å². The summed E-state index contributed by atoms with van der Waals surface area (Å²) in [4.78, 5) is 11.4. The standard InChI is InChI=1S/C13H18N4O/c1-2-6-17-13(18)5-7-16-12-4-3-11(15)8-10(12)9-14/h3-4,8,16H,2,5-7,15H2,1H3,(H,17,18). The van der Waals surface area contributed by atoms with Crippen molar-refractivity contribution in [2.75, 3.05) is 24.1 Å². The topological polar surface area (TPSA) is 90.9 Å². The van der Waals surface area contributed by atoms with Crippen LogP contribution in [0.25, 0.3) is 0 Å². The van der Waals surface area contributed by atoms with Crippen LogP contribution >= 0.6 is 0 Å². The highest BCUT2D eigenvalue weighted by atomic mass is 16.1. The van der Waals surface area contributed by atoms with E-state index in [1.54, 1.807) is 18.2 Å². The molecule has 0 saturated carbocycles. The molecule has 0 radical (unpaired) electrons. The highest BCUT2D eigenvalue weighted by Crippen LogP contribution is 2.17. The molecule has 96 valence electrons. The van der Waals surface area contributed by atoms with Gasteiger partial charge < -0.3 is 16.4 Å². The number of anilines is 2. The molecule has 0 fully saturated rings. The van der Waals surface area contributed by atoms with Crippen LogP contribution in [0.4, 0.5) is 11.4 Å². The van der Waals surface area contributed by atoms with Crippen LogP contribution < -0.4 is 16.4 Å². The number of nitrogens with two attached hydrogens (primary N) is 1. The van der Waals surface area contributed by atoms with Gasteiger partial charge in [-0.15, -0.1) is 0 Å². The van der Waals surface area contributed by atoms with E-state index in [4.69, 9.17) is 11.0 Å². The molecule has 0 bridgehead atoms. The summed E-state index contributed by atoms with van der Waals surface area (Å²) in [6.45, 7) is 3.20. The largest absolute Gasteiger partial charge is 0.399 e. The van der Waals surface area contributed by atoms with Crippen molar-refractivity contribution in [2.24, 2.45) is 0 Å². The minimum absolute atomic E-state index is 0.0123. The maximum atomic E-state index is 11.4. The van der Waals surface area contributed by atoms with Crippen molar-refractivity contribution in [1.29, 1.82) is 5.26 Å². The van der Waals surface area contributed by atoms with Crippen molar-refractivity contribution in [3.8, 4) is 6.07 Å². The van der Waals surface area contributed by atoms with Gasteiger partial charge in [-0.25, -0.2) is 0 Å². The second kappa shape index (κ2) is 7.17. The van der Waals surface area contributed by atoms with Crippen LogP contribution in [0, 0.1) is 11.3 Å². The van der Waals surface area contributed by atoms with E-state index in [1.165, 1.54) is 0 Å². The monoisotopic (exact) mass is 246 g/mol. The second-order valence-corrected chi connectivity index (χ2v) is 3.94. The summed E-state index contributed by atoms with van der Waals surface area (Å²) >= 11 is 0. The van der Waals surface area contributed by atoms with E-state index >= 15 is 0 Å². The first kappa shape index (κ1) is 13.8. The van der Waals surface area contributed by atoms with Gasteiger partial charge >= 0.3 is 0 Å². The van der Waals surface area contributed by atoms with Gasteiger partial charge in [0.2, 0.25) is 5.91 Å². The van der Waals surface area contributed by atoms with Crippen molar-refractivity contribution in [2.45, 2.75) is 19.8 Å². The Bertz CT molecular complexity index is 451. The molecule has 0 atom stereocenters. The Morgan fingerprint density at radius 1 is 1.44 bits per heavy atom. The molecule has 1 amide bonds. The number of hydrogen-bond donors (Lipinski definition) is 3. The van der Waals surface area contributed by atoms with Crippen LogP contribution in [-0.2, 0) is 4.79 Å². The lowest BCUT2D eigenvalue weighted by Crippen LogP contribution is -2.25. The zero-order chi connectivity index (χ0) is 13.4. The molecule has 18 heavy (non-hydrogen) atoms. The van der Waals surface area contributed by atoms with Gasteiger partial charge in [0.1, 0.15) is 6.07 Å². The SMILES string of the molecule is CCCNC(=O)CCNc1ccc(N)cc1C#N. The third kappa shape index (κ3) is 4.34. The number of hydrogen-bond acceptors (Lipinski definition) is 4. The summed E-state index contributed by atoms with van der Waals surface area (Å²) in [7, 11) is 0. The molecule has 1 aromatic carbocycles. The molecule has 1 rings (SSSR count). The summed E-state index contributed by atoms with van der Waals surface area (Å²) in [6.07, 6.45) is 1.31. The van der Waals surface area contributed by atoms with Gasteiger partial charge in [-0.2, -0.15) is 5.26 Å².